The van der Waals surface area contributed by atoms with Crippen LogP contribution in [0.5, 0.6) is 0 Å². The van der Waals surface area contributed by atoms with Gasteiger partial charge in [-0.25, -0.2) is 14.3 Å². The van der Waals surface area contributed by atoms with E-state index >= 15 is 0 Å². The van der Waals surface area contributed by atoms with Crippen molar-refractivity contribution in [2.24, 2.45) is 0 Å². The molecule has 5 nitrogen and oxygen atoms in total. The first-order valence-electron chi connectivity index (χ1n) is 8.50. The zero-order chi connectivity index (χ0) is 20.7. The maximum atomic E-state index is 13.6. The van der Waals surface area contributed by atoms with Crippen LogP contribution in [-0.2, 0) is 9.59 Å². The van der Waals surface area contributed by atoms with E-state index in [1.165, 1.54) is 17.6 Å². The monoisotopic (exact) mass is 386 g/mol. The molecule has 0 saturated heterocycles. The standard InChI is InChI=1S/C21H20F2N2O3/c1-13(2)24-21(27)17(16-8-9-18(22)19(23)12-16)11-15-5-3-14(4-6-15)7-10-20(26)25-28/h3-13,28H,1-2H3,(H,24,27)(H,25,26)/b10-7+,17-11+. The summed E-state index contributed by atoms with van der Waals surface area (Å²) in [6, 6.07) is 9.98. The molecule has 0 aromatic heterocycles. The van der Waals surface area contributed by atoms with Gasteiger partial charge in [0, 0.05) is 17.7 Å². The van der Waals surface area contributed by atoms with E-state index in [9.17, 15) is 18.4 Å². The Morgan fingerprint density at radius 2 is 1.64 bits per heavy atom. The second-order valence-corrected chi connectivity index (χ2v) is 6.29. The summed E-state index contributed by atoms with van der Waals surface area (Å²) in [4.78, 5) is 23.6. The molecule has 146 valence electrons. The van der Waals surface area contributed by atoms with Crippen molar-refractivity contribution in [1.82, 2.24) is 10.8 Å². The summed E-state index contributed by atoms with van der Waals surface area (Å²) in [5.74, 6) is -3.10. The van der Waals surface area contributed by atoms with Gasteiger partial charge in [0.15, 0.2) is 11.6 Å². The Morgan fingerprint density at radius 3 is 2.21 bits per heavy atom. The molecule has 0 bridgehead atoms. The second kappa shape index (κ2) is 9.57. The number of rotatable bonds is 6. The number of nitrogens with one attached hydrogen (secondary N) is 2. The van der Waals surface area contributed by atoms with Crippen LogP contribution in [0.2, 0.25) is 0 Å². The number of carbonyl (C=O) groups is 2. The van der Waals surface area contributed by atoms with Crippen molar-refractivity contribution in [3.8, 4) is 0 Å². The van der Waals surface area contributed by atoms with Gasteiger partial charge in [-0.05, 0) is 54.8 Å². The van der Waals surface area contributed by atoms with E-state index in [1.807, 2.05) is 0 Å². The fraction of sp³-hybridized carbons (Fsp3) is 0.143. The van der Waals surface area contributed by atoms with Gasteiger partial charge in [-0.15, -0.1) is 0 Å². The lowest BCUT2D eigenvalue weighted by Gasteiger charge is -2.12. The molecule has 2 rings (SSSR count). The van der Waals surface area contributed by atoms with Crippen LogP contribution in [0, 0.1) is 11.6 Å². The lowest BCUT2D eigenvalue weighted by molar-refractivity contribution is -0.124. The van der Waals surface area contributed by atoms with Crippen LogP contribution in [-0.4, -0.2) is 23.1 Å². The normalized spacial score (nSPS) is 11.7. The average Bonchev–Trinajstić information content (AvgIpc) is 2.66. The fourth-order valence-corrected chi connectivity index (χ4v) is 2.36. The van der Waals surface area contributed by atoms with Crippen molar-refractivity contribution >= 4 is 29.5 Å². The Balaban J connectivity index is 2.38. The minimum atomic E-state index is -1.04. The Morgan fingerprint density at radius 1 is 1.00 bits per heavy atom. The van der Waals surface area contributed by atoms with Crippen LogP contribution >= 0.6 is 0 Å². The fourth-order valence-electron chi connectivity index (χ4n) is 2.36. The van der Waals surface area contributed by atoms with E-state index in [-0.39, 0.29) is 17.2 Å². The zero-order valence-electron chi connectivity index (χ0n) is 15.4. The van der Waals surface area contributed by atoms with Crippen LogP contribution in [0.1, 0.15) is 30.5 Å². The number of hydroxylamine groups is 1. The third-order valence-electron chi connectivity index (χ3n) is 3.68. The molecular formula is C21H20F2N2O3. The van der Waals surface area contributed by atoms with Crippen molar-refractivity contribution in [3.05, 3.63) is 76.9 Å². The van der Waals surface area contributed by atoms with Gasteiger partial charge in [-0.1, -0.05) is 30.3 Å². The zero-order valence-corrected chi connectivity index (χ0v) is 15.4. The number of hydrogen-bond donors (Lipinski definition) is 3. The maximum absolute atomic E-state index is 13.6. The molecule has 2 aromatic carbocycles. The number of hydrogen-bond acceptors (Lipinski definition) is 3. The van der Waals surface area contributed by atoms with Crippen molar-refractivity contribution in [2.75, 3.05) is 0 Å². The van der Waals surface area contributed by atoms with Crippen LogP contribution in [0.15, 0.2) is 48.5 Å². The summed E-state index contributed by atoms with van der Waals surface area (Å²) in [7, 11) is 0. The van der Waals surface area contributed by atoms with Gasteiger partial charge < -0.3 is 5.32 Å². The van der Waals surface area contributed by atoms with Crippen LogP contribution < -0.4 is 10.8 Å². The minimum absolute atomic E-state index is 0.133. The molecule has 0 atom stereocenters. The van der Waals surface area contributed by atoms with E-state index in [0.717, 1.165) is 18.2 Å². The van der Waals surface area contributed by atoms with Gasteiger partial charge >= 0.3 is 0 Å². The van der Waals surface area contributed by atoms with Gasteiger partial charge in [0.1, 0.15) is 0 Å². The topological polar surface area (TPSA) is 78.4 Å². The highest BCUT2D eigenvalue weighted by molar-refractivity contribution is 6.24. The molecular weight excluding hydrogens is 366 g/mol. The van der Waals surface area contributed by atoms with E-state index in [4.69, 9.17) is 5.21 Å². The van der Waals surface area contributed by atoms with Crippen molar-refractivity contribution in [3.63, 3.8) is 0 Å². The number of amides is 2. The first-order chi connectivity index (χ1) is 13.3. The number of benzene rings is 2. The molecule has 0 spiro atoms. The van der Waals surface area contributed by atoms with Crippen molar-refractivity contribution in [1.29, 1.82) is 0 Å². The molecule has 3 N–H and O–H groups in total. The average molecular weight is 386 g/mol. The quantitative estimate of drug-likeness (QED) is 0.308. The lowest BCUT2D eigenvalue weighted by atomic mass is 10.0. The summed E-state index contributed by atoms with van der Waals surface area (Å²) >= 11 is 0. The largest absolute Gasteiger partial charge is 0.350 e. The summed E-state index contributed by atoms with van der Waals surface area (Å²) in [5.41, 5.74) is 3.28. The third-order valence-corrected chi connectivity index (χ3v) is 3.68. The predicted molar refractivity (Wildman–Crippen MR) is 103 cm³/mol. The maximum Gasteiger partial charge on any atom is 0.267 e. The summed E-state index contributed by atoms with van der Waals surface area (Å²) in [6.07, 6.45) is 4.23. The van der Waals surface area contributed by atoms with E-state index in [0.29, 0.717) is 11.1 Å². The predicted octanol–water partition coefficient (Wildman–Crippen LogP) is 3.55. The Hall–Kier alpha value is -3.32. The van der Waals surface area contributed by atoms with E-state index in [1.54, 1.807) is 44.2 Å². The van der Waals surface area contributed by atoms with Crippen LogP contribution in [0.3, 0.4) is 0 Å². The SMILES string of the molecule is CC(C)NC(=O)/C(=C/c1ccc(/C=C/C(=O)NO)cc1)c1ccc(F)c(F)c1. The summed E-state index contributed by atoms with van der Waals surface area (Å²) in [6.45, 7) is 3.59. The van der Waals surface area contributed by atoms with Gasteiger partial charge in [-0.3, -0.25) is 14.8 Å². The molecule has 28 heavy (non-hydrogen) atoms. The van der Waals surface area contributed by atoms with Gasteiger partial charge in [0.2, 0.25) is 0 Å². The van der Waals surface area contributed by atoms with Crippen LogP contribution in [0.4, 0.5) is 8.78 Å². The highest BCUT2D eigenvalue weighted by Gasteiger charge is 2.15. The summed E-state index contributed by atoms with van der Waals surface area (Å²) in [5, 5.41) is 11.2. The molecule has 0 aliphatic heterocycles. The molecule has 0 heterocycles. The van der Waals surface area contributed by atoms with E-state index < -0.39 is 23.4 Å². The molecule has 7 heteroatoms. The van der Waals surface area contributed by atoms with Crippen molar-refractivity contribution < 1.29 is 23.6 Å². The molecule has 0 radical (unpaired) electrons. The molecule has 0 saturated carbocycles. The minimum Gasteiger partial charge on any atom is -0.350 e. The molecule has 0 unspecified atom stereocenters. The van der Waals surface area contributed by atoms with Crippen LogP contribution in [0.25, 0.3) is 17.7 Å². The molecule has 2 aromatic rings. The molecule has 0 aliphatic rings. The van der Waals surface area contributed by atoms with Gasteiger partial charge in [0.25, 0.3) is 11.8 Å². The highest BCUT2D eigenvalue weighted by Crippen LogP contribution is 2.21. The summed E-state index contributed by atoms with van der Waals surface area (Å²) < 4.78 is 26.9. The molecule has 0 aliphatic carbocycles. The Bertz CT molecular complexity index is 920. The Labute approximate surface area is 161 Å². The Kier molecular flexibility index (Phi) is 7.17. The number of carbonyl (C=O) groups excluding carboxylic acids is 2. The first kappa shape index (κ1) is 21.0. The second-order valence-electron chi connectivity index (χ2n) is 6.29. The van der Waals surface area contributed by atoms with Crippen molar-refractivity contribution in [2.45, 2.75) is 19.9 Å². The lowest BCUT2D eigenvalue weighted by Crippen LogP contribution is -2.30. The third kappa shape index (κ3) is 5.85. The number of halogens is 2. The first-order valence-corrected chi connectivity index (χ1v) is 8.50. The smallest absolute Gasteiger partial charge is 0.267 e. The van der Waals surface area contributed by atoms with Gasteiger partial charge in [-0.2, -0.15) is 0 Å². The van der Waals surface area contributed by atoms with E-state index in [2.05, 4.69) is 5.32 Å². The molecule has 0 fully saturated rings. The highest BCUT2D eigenvalue weighted by atomic mass is 19.2. The molecule has 2 amide bonds. The van der Waals surface area contributed by atoms with Gasteiger partial charge in [0.05, 0.1) is 0 Å².